The van der Waals surface area contributed by atoms with Crippen LogP contribution in [0.5, 0.6) is 0 Å². The minimum atomic E-state index is -0.261. The van der Waals surface area contributed by atoms with Crippen LogP contribution in [0, 0.1) is 0 Å². The third-order valence-electron chi connectivity index (χ3n) is 3.92. The molecule has 7 nitrogen and oxygen atoms in total. The molecule has 0 atom stereocenters. The maximum atomic E-state index is 13.0. The van der Waals surface area contributed by atoms with E-state index < -0.39 is 0 Å². The number of hydrazone groups is 1. The largest absolute Gasteiger partial charge is 0.463 e. The zero-order valence-electron chi connectivity index (χ0n) is 14.6. The second kappa shape index (κ2) is 7.85. The van der Waals surface area contributed by atoms with Crippen LogP contribution in [0.3, 0.4) is 0 Å². The Bertz CT molecular complexity index is 1200. The van der Waals surface area contributed by atoms with Gasteiger partial charge in [0.1, 0.15) is 5.76 Å². The van der Waals surface area contributed by atoms with E-state index in [0.717, 1.165) is 5.56 Å². The monoisotopic (exact) mass is 389 g/mol. The summed E-state index contributed by atoms with van der Waals surface area (Å²) in [5, 5.41) is 4.62. The van der Waals surface area contributed by atoms with Gasteiger partial charge in [-0.1, -0.05) is 42.5 Å². The Morgan fingerprint density at radius 2 is 1.86 bits per heavy atom. The molecule has 0 saturated heterocycles. The van der Waals surface area contributed by atoms with Crippen LogP contribution in [-0.2, 0) is 0 Å². The summed E-state index contributed by atoms with van der Waals surface area (Å²) in [5.41, 5.74) is 6.66. The van der Waals surface area contributed by atoms with Crippen LogP contribution in [0.15, 0.2) is 87.3 Å². The number of benzene rings is 2. The SMILES string of the molecule is O=c1c2ccccc2nc(-c2ccccc2)n1NC(=S)N/N=C/c1ccco1. The molecule has 2 N–H and O–H groups in total. The predicted octanol–water partition coefficient (Wildman–Crippen LogP) is 3.11. The molecular formula is C20H15N5O2S. The van der Waals surface area contributed by atoms with Crippen LogP contribution in [0.25, 0.3) is 22.3 Å². The van der Waals surface area contributed by atoms with Crippen LogP contribution >= 0.6 is 12.2 Å². The molecule has 0 aliphatic rings. The van der Waals surface area contributed by atoms with Crippen molar-refractivity contribution in [2.24, 2.45) is 5.10 Å². The fourth-order valence-corrected chi connectivity index (χ4v) is 2.81. The number of aromatic nitrogens is 2. The van der Waals surface area contributed by atoms with Crippen LogP contribution in [0.2, 0.25) is 0 Å². The van der Waals surface area contributed by atoms with E-state index in [1.807, 2.05) is 36.4 Å². The average molecular weight is 389 g/mol. The Balaban J connectivity index is 1.69. The molecule has 0 aliphatic heterocycles. The van der Waals surface area contributed by atoms with Crippen LogP contribution in [-0.4, -0.2) is 21.0 Å². The molecule has 4 rings (SSSR count). The van der Waals surface area contributed by atoms with E-state index in [0.29, 0.717) is 22.5 Å². The number of fused-ring (bicyclic) bond motifs is 1. The van der Waals surface area contributed by atoms with Gasteiger partial charge in [0.2, 0.25) is 5.11 Å². The zero-order valence-corrected chi connectivity index (χ0v) is 15.4. The van der Waals surface area contributed by atoms with Crippen LogP contribution in [0.1, 0.15) is 5.76 Å². The van der Waals surface area contributed by atoms with Gasteiger partial charge in [0.05, 0.1) is 23.4 Å². The van der Waals surface area contributed by atoms with Crippen molar-refractivity contribution in [1.29, 1.82) is 0 Å². The maximum absolute atomic E-state index is 13.0. The van der Waals surface area contributed by atoms with Gasteiger partial charge in [0.25, 0.3) is 5.56 Å². The minimum Gasteiger partial charge on any atom is -0.463 e. The van der Waals surface area contributed by atoms with Gasteiger partial charge in [0.15, 0.2) is 5.82 Å². The van der Waals surface area contributed by atoms with Crippen LogP contribution in [0.4, 0.5) is 0 Å². The zero-order chi connectivity index (χ0) is 19.3. The molecule has 0 amide bonds. The summed E-state index contributed by atoms with van der Waals surface area (Å²) in [4.78, 5) is 17.7. The fraction of sp³-hybridized carbons (Fsp3) is 0. The van der Waals surface area contributed by atoms with E-state index in [4.69, 9.17) is 16.6 Å². The van der Waals surface area contributed by atoms with Gasteiger partial charge in [-0.25, -0.2) is 4.98 Å². The first kappa shape index (κ1) is 17.6. The molecule has 4 aromatic rings. The summed E-state index contributed by atoms with van der Waals surface area (Å²) >= 11 is 5.27. The van der Waals surface area contributed by atoms with E-state index in [1.165, 1.54) is 10.9 Å². The highest BCUT2D eigenvalue weighted by Crippen LogP contribution is 2.17. The molecule has 0 radical (unpaired) electrons. The highest BCUT2D eigenvalue weighted by molar-refractivity contribution is 7.80. The molecule has 2 aromatic heterocycles. The molecular weight excluding hydrogens is 374 g/mol. The fourth-order valence-electron chi connectivity index (χ4n) is 2.66. The molecule has 2 heterocycles. The number of nitrogens with one attached hydrogen (secondary N) is 2. The Labute approximate surface area is 165 Å². The van der Waals surface area contributed by atoms with E-state index in [-0.39, 0.29) is 10.7 Å². The number of thiocarbonyl (C=S) groups is 1. The highest BCUT2D eigenvalue weighted by atomic mass is 32.1. The standard InChI is InChI=1S/C20H15N5O2S/c26-19-16-10-4-5-11-17(16)22-18(14-7-2-1-3-8-14)25(19)24-20(28)23-21-13-15-9-6-12-27-15/h1-13H,(H2,23,24,28)/b21-13+. The van der Waals surface area contributed by atoms with Crippen molar-refractivity contribution < 1.29 is 4.42 Å². The summed E-state index contributed by atoms with van der Waals surface area (Å²) in [5.74, 6) is 1.02. The van der Waals surface area contributed by atoms with Crippen molar-refractivity contribution in [3.8, 4) is 11.4 Å². The maximum Gasteiger partial charge on any atom is 0.280 e. The number of para-hydroxylation sites is 1. The van der Waals surface area contributed by atoms with Gasteiger partial charge in [-0.05, 0) is 36.5 Å². The first-order valence-corrected chi connectivity index (χ1v) is 8.84. The Kier molecular flexibility index (Phi) is 4.94. The minimum absolute atomic E-state index is 0.138. The quantitative estimate of drug-likeness (QED) is 0.317. The second-order valence-electron chi connectivity index (χ2n) is 5.79. The Morgan fingerprint density at radius 1 is 1.07 bits per heavy atom. The third-order valence-corrected chi connectivity index (χ3v) is 4.10. The van der Waals surface area contributed by atoms with Gasteiger partial charge in [-0.15, -0.1) is 0 Å². The van der Waals surface area contributed by atoms with Crippen molar-refractivity contribution in [1.82, 2.24) is 15.1 Å². The number of nitrogens with zero attached hydrogens (tertiary/aromatic N) is 3. The predicted molar refractivity (Wildman–Crippen MR) is 113 cm³/mol. The van der Waals surface area contributed by atoms with Crippen molar-refractivity contribution in [3.05, 3.63) is 89.1 Å². The first-order chi connectivity index (χ1) is 13.7. The van der Waals surface area contributed by atoms with Crippen molar-refractivity contribution in [3.63, 3.8) is 0 Å². The topological polar surface area (TPSA) is 84.5 Å². The van der Waals surface area contributed by atoms with E-state index in [9.17, 15) is 4.79 Å². The highest BCUT2D eigenvalue weighted by Gasteiger charge is 2.13. The Morgan fingerprint density at radius 3 is 2.64 bits per heavy atom. The lowest BCUT2D eigenvalue weighted by atomic mass is 10.2. The first-order valence-electron chi connectivity index (χ1n) is 8.43. The molecule has 2 aromatic carbocycles. The summed E-state index contributed by atoms with van der Waals surface area (Å²) in [6.45, 7) is 0. The van der Waals surface area contributed by atoms with Crippen molar-refractivity contribution in [2.75, 3.05) is 5.43 Å². The third kappa shape index (κ3) is 3.67. The molecule has 0 bridgehead atoms. The molecule has 28 heavy (non-hydrogen) atoms. The molecule has 138 valence electrons. The smallest absolute Gasteiger partial charge is 0.280 e. The van der Waals surface area contributed by atoms with Gasteiger partial charge in [0, 0.05) is 5.56 Å². The van der Waals surface area contributed by atoms with Gasteiger partial charge >= 0.3 is 0 Å². The number of furan rings is 1. The molecule has 0 fully saturated rings. The van der Waals surface area contributed by atoms with Gasteiger partial charge in [-0.3, -0.25) is 15.6 Å². The number of hydrogen-bond donors (Lipinski definition) is 2. The summed E-state index contributed by atoms with van der Waals surface area (Å²) in [6.07, 6.45) is 3.03. The van der Waals surface area contributed by atoms with Crippen molar-refractivity contribution >= 4 is 34.4 Å². The molecule has 0 saturated carbocycles. The van der Waals surface area contributed by atoms with Crippen LogP contribution < -0.4 is 16.4 Å². The lowest BCUT2D eigenvalue weighted by molar-refractivity contribution is 0.560. The van der Waals surface area contributed by atoms with Crippen molar-refractivity contribution in [2.45, 2.75) is 0 Å². The molecule has 0 spiro atoms. The van der Waals surface area contributed by atoms with E-state index in [2.05, 4.69) is 20.9 Å². The average Bonchev–Trinajstić information content (AvgIpc) is 3.24. The summed E-state index contributed by atoms with van der Waals surface area (Å²) in [6, 6.07) is 20.1. The summed E-state index contributed by atoms with van der Waals surface area (Å²) in [7, 11) is 0. The van der Waals surface area contributed by atoms with Gasteiger partial charge < -0.3 is 4.42 Å². The lowest BCUT2D eigenvalue weighted by Crippen LogP contribution is -2.39. The molecule has 8 heteroatoms. The van der Waals surface area contributed by atoms with E-state index in [1.54, 1.807) is 36.6 Å². The van der Waals surface area contributed by atoms with E-state index >= 15 is 0 Å². The summed E-state index contributed by atoms with van der Waals surface area (Å²) < 4.78 is 6.47. The molecule has 0 unspecified atom stereocenters. The normalized spacial score (nSPS) is 11.0. The second-order valence-corrected chi connectivity index (χ2v) is 6.19. The molecule has 0 aliphatic carbocycles. The lowest BCUT2D eigenvalue weighted by Gasteiger charge is -2.15. The Hall–Kier alpha value is -3.78. The number of hydrogen-bond acceptors (Lipinski definition) is 5. The number of rotatable bonds is 4. The van der Waals surface area contributed by atoms with Gasteiger partial charge in [-0.2, -0.15) is 9.78 Å².